The molecule has 0 aliphatic carbocycles. The first kappa shape index (κ1) is 9.15. The Bertz CT molecular complexity index is 359. The Morgan fingerprint density at radius 3 is 2.86 bits per heavy atom. The monoisotopic (exact) mass is 192 g/mol. The molecule has 1 aromatic rings. The zero-order chi connectivity index (χ0) is 10.1. The quantitative estimate of drug-likeness (QED) is 0.692. The topological polar surface area (TPSA) is 53.4 Å². The molecule has 1 N–H and O–H groups in total. The Labute approximate surface area is 82.2 Å². The van der Waals surface area contributed by atoms with Crippen LogP contribution in [0.25, 0.3) is 0 Å². The lowest BCUT2D eigenvalue weighted by molar-refractivity contribution is 0.00549. The van der Waals surface area contributed by atoms with Crippen LogP contribution >= 0.6 is 0 Å². The number of hydrogen-bond donors (Lipinski definition) is 1. The lowest BCUT2D eigenvalue weighted by Crippen LogP contribution is -2.53. The molecule has 0 unspecified atom stereocenters. The van der Waals surface area contributed by atoms with E-state index in [1.807, 2.05) is 19.1 Å². The average molecular weight is 192 g/mol. The molecule has 2 heterocycles. The molecular formula is C10H12N2O2. The second kappa shape index (κ2) is 3.38. The number of aryl methyl sites for hydroxylation is 1. The van der Waals surface area contributed by atoms with Crippen molar-refractivity contribution >= 4 is 5.91 Å². The first-order valence-corrected chi connectivity index (χ1v) is 4.58. The standard InChI is InChI=1S/C10H12N2O2/c1-7-3-2-4-9(11-7)10(14)12-5-8(13)6-12/h2-4,8,13H,5-6H2,1H3. The van der Waals surface area contributed by atoms with Crippen molar-refractivity contribution in [3.05, 3.63) is 29.6 Å². The maximum Gasteiger partial charge on any atom is 0.272 e. The number of nitrogens with zero attached hydrogens (tertiary/aromatic N) is 2. The van der Waals surface area contributed by atoms with E-state index >= 15 is 0 Å². The molecule has 1 saturated heterocycles. The van der Waals surface area contributed by atoms with Crippen molar-refractivity contribution in [1.29, 1.82) is 0 Å². The minimum Gasteiger partial charge on any atom is -0.389 e. The molecule has 1 fully saturated rings. The number of aliphatic hydroxyl groups is 1. The molecule has 4 heteroatoms. The number of aliphatic hydroxyl groups excluding tert-OH is 1. The molecule has 0 aromatic carbocycles. The van der Waals surface area contributed by atoms with Crippen molar-refractivity contribution in [3.8, 4) is 0 Å². The van der Waals surface area contributed by atoms with E-state index in [9.17, 15) is 4.79 Å². The van der Waals surface area contributed by atoms with Gasteiger partial charge in [-0.2, -0.15) is 0 Å². The van der Waals surface area contributed by atoms with E-state index in [1.54, 1.807) is 11.0 Å². The van der Waals surface area contributed by atoms with Crippen LogP contribution < -0.4 is 0 Å². The summed E-state index contributed by atoms with van der Waals surface area (Å²) in [6.07, 6.45) is -0.358. The van der Waals surface area contributed by atoms with Crippen molar-refractivity contribution in [2.75, 3.05) is 13.1 Å². The number of amides is 1. The van der Waals surface area contributed by atoms with E-state index in [1.165, 1.54) is 0 Å². The average Bonchev–Trinajstić information content (AvgIpc) is 2.12. The van der Waals surface area contributed by atoms with Crippen LogP contribution in [0.5, 0.6) is 0 Å². The first-order chi connectivity index (χ1) is 6.66. The maximum absolute atomic E-state index is 11.7. The van der Waals surface area contributed by atoms with E-state index < -0.39 is 0 Å². The number of likely N-dealkylation sites (tertiary alicyclic amines) is 1. The van der Waals surface area contributed by atoms with Gasteiger partial charge in [-0.3, -0.25) is 4.79 Å². The van der Waals surface area contributed by atoms with E-state index in [0.29, 0.717) is 18.8 Å². The normalized spacial score (nSPS) is 16.6. The van der Waals surface area contributed by atoms with Gasteiger partial charge in [0, 0.05) is 18.8 Å². The number of aromatic nitrogens is 1. The van der Waals surface area contributed by atoms with Gasteiger partial charge in [-0.1, -0.05) is 6.07 Å². The molecule has 1 aromatic heterocycles. The predicted octanol–water partition coefficient (Wildman–Crippen LogP) is 0.207. The van der Waals surface area contributed by atoms with Crippen LogP contribution in [0.2, 0.25) is 0 Å². The smallest absolute Gasteiger partial charge is 0.272 e. The molecule has 0 atom stereocenters. The van der Waals surface area contributed by atoms with E-state index in [2.05, 4.69) is 4.98 Å². The molecule has 0 saturated carbocycles. The zero-order valence-corrected chi connectivity index (χ0v) is 7.97. The molecule has 2 rings (SSSR count). The number of pyridine rings is 1. The van der Waals surface area contributed by atoms with Gasteiger partial charge in [-0.25, -0.2) is 4.98 Å². The number of carbonyl (C=O) groups is 1. The highest BCUT2D eigenvalue weighted by atomic mass is 16.3. The van der Waals surface area contributed by atoms with E-state index in [0.717, 1.165) is 5.69 Å². The minimum atomic E-state index is -0.358. The summed E-state index contributed by atoms with van der Waals surface area (Å²) < 4.78 is 0. The molecule has 0 bridgehead atoms. The summed E-state index contributed by atoms with van der Waals surface area (Å²) in [6.45, 7) is 2.70. The summed E-state index contributed by atoms with van der Waals surface area (Å²) >= 11 is 0. The summed E-state index contributed by atoms with van der Waals surface area (Å²) in [5.41, 5.74) is 1.29. The van der Waals surface area contributed by atoms with Crippen molar-refractivity contribution < 1.29 is 9.90 Å². The number of β-amino-alcohol motifs (C(OH)–C–C–N with tert-alkyl or cyclic N) is 1. The number of rotatable bonds is 1. The molecular weight excluding hydrogens is 180 g/mol. The van der Waals surface area contributed by atoms with Gasteiger partial charge >= 0.3 is 0 Å². The molecule has 74 valence electrons. The van der Waals surface area contributed by atoms with Crippen molar-refractivity contribution in [2.24, 2.45) is 0 Å². The van der Waals surface area contributed by atoms with Gasteiger partial charge in [0.2, 0.25) is 0 Å². The summed E-state index contributed by atoms with van der Waals surface area (Å²) in [5, 5.41) is 9.05. The summed E-state index contributed by atoms with van der Waals surface area (Å²) in [4.78, 5) is 17.4. The maximum atomic E-state index is 11.7. The van der Waals surface area contributed by atoms with E-state index in [-0.39, 0.29) is 12.0 Å². The minimum absolute atomic E-state index is 0.0981. The molecule has 0 radical (unpaired) electrons. The Balaban J connectivity index is 2.12. The fraction of sp³-hybridized carbons (Fsp3) is 0.400. The van der Waals surface area contributed by atoms with E-state index in [4.69, 9.17) is 5.11 Å². The lowest BCUT2D eigenvalue weighted by Gasteiger charge is -2.35. The summed E-state index contributed by atoms with van der Waals surface area (Å²) in [7, 11) is 0. The number of carbonyl (C=O) groups excluding carboxylic acids is 1. The van der Waals surface area contributed by atoms with Crippen LogP contribution in [-0.4, -0.2) is 40.1 Å². The van der Waals surface area contributed by atoms with Crippen LogP contribution in [0.4, 0.5) is 0 Å². The summed E-state index contributed by atoms with van der Waals surface area (Å²) in [6, 6.07) is 5.35. The van der Waals surface area contributed by atoms with Gasteiger partial charge in [0.1, 0.15) is 5.69 Å². The summed E-state index contributed by atoms with van der Waals surface area (Å²) in [5.74, 6) is -0.0981. The van der Waals surface area contributed by atoms with Crippen molar-refractivity contribution in [1.82, 2.24) is 9.88 Å². The zero-order valence-electron chi connectivity index (χ0n) is 7.97. The highest BCUT2D eigenvalue weighted by Gasteiger charge is 2.29. The third kappa shape index (κ3) is 1.61. The van der Waals surface area contributed by atoms with Gasteiger partial charge in [-0.15, -0.1) is 0 Å². The molecule has 1 aliphatic rings. The Kier molecular flexibility index (Phi) is 2.21. The Morgan fingerprint density at radius 1 is 1.57 bits per heavy atom. The molecule has 4 nitrogen and oxygen atoms in total. The van der Waals surface area contributed by atoms with Crippen LogP contribution in [0.1, 0.15) is 16.2 Å². The van der Waals surface area contributed by atoms with Gasteiger partial charge < -0.3 is 10.0 Å². The predicted molar refractivity (Wildman–Crippen MR) is 50.9 cm³/mol. The van der Waals surface area contributed by atoms with Crippen LogP contribution in [0.15, 0.2) is 18.2 Å². The van der Waals surface area contributed by atoms with Crippen LogP contribution in [0, 0.1) is 6.92 Å². The van der Waals surface area contributed by atoms with Crippen molar-refractivity contribution in [3.63, 3.8) is 0 Å². The van der Waals surface area contributed by atoms with Crippen LogP contribution in [-0.2, 0) is 0 Å². The second-order valence-electron chi connectivity index (χ2n) is 3.53. The Morgan fingerprint density at radius 2 is 2.29 bits per heavy atom. The SMILES string of the molecule is Cc1cccc(C(=O)N2CC(O)C2)n1. The fourth-order valence-corrected chi connectivity index (χ4v) is 1.45. The molecule has 0 spiro atoms. The third-order valence-corrected chi connectivity index (χ3v) is 2.26. The van der Waals surface area contributed by atoms with Crippen LogP contribution in [0.3, 0.4) is 0 Å². The highest BCUT2D eigenvalue weighted by molar-refractivity contribution is 5.92. The molecule has 1 amide bonds. The van der Waals surface area contributed by atoms with Gasteiger partial charge in [0.05, 0.1) is 6.10 Å². The first-order valence-electron chi connectivity index (χ1n) is 4.58. The molecule has 14 heavy (non-hydrogen) atoms. The third-order valence-electron chi connectivity index (χ3n) is 2.26. The van der Waals surface area contributed by atoms with Gasteiger partial charge in [-0.05, 0) is 19.1 Å². The largest absolute Gasteiger partial charge is 0.389 e. The molecule has 1 aliphatic heterocycles. The fourth-order valence-electron chi connectivity index (χ4n) is 1.45. The number of hydrogen-bond acceptors (Lipinski definition) is 3. The van der Waals surface area contributed by atoms with Gasteiger partial charge in [0.25, 0.3) is 5.91 Å². The highest BCUT2D eigenvalue weighted by Crippen LogP contribution is 2.11. The van der Waals surface area contributed by atoms with Gasteiger partial charge in [0.15, 0.2) is 0 Å². The lowest BCUT2D eigenvalue weighted by atomic mass is 10.1. The second-order valence-corrected chi connectivity index (χ2v) is 3.53. The Hall–Kier alpha value is -1.42. The van der Waals surface area contributed by atoms with Crippen molar-refractivity contribution in [2.45, 2.75) is 13.0 Å².